The van der Waals surface area contributed by atoms with Crippen molar-refractivity contribution in [3.8, 4) is 0 Å². The number of aliphatic hydroxyl groups is 1. The van der Waals surface area contributed by atoms with Crippen molar-refractivity contribution in [1.82, 2.24) is 20.2 Å². The fraction of sp³-hybridized carbons (Fsp3) is 0.758. The van der Waals surface area contributed by atoms with E-state index in [2.05, 4.69) is 42.1 Å². The molecule has 40 heavy (non-hydrogen) atoms. The van der Waals surface area contributed by atoms with Gasteiger partial charge in [-0.05, 0) is 105 Å². The molecule has 2 amide bonds. The van der Waals surface area contributed by atoms with Gasteiger partial charge in [0, 0.05) is 37.9 Å². The van der Waals surface area contributed by atoms with E-state index in [1.165, 1.54) is 44.5 Å². The first-order chi connectivity index (χ1) is 19.2. The van der Waals surface area contributed by atoms with Gasteiger partial charge < -0.3 is 15.3 Å². The number of aromatic nitrogens is 2. The van der Waals surface area contributed by atoms with Gasteiger partial charge in [0.25, 0.3) is 5.91 Å². The van der Waals surface area contributed by atoms with Gasteiger partial charge in [0.05, 0.1) is 12.3 Å². The Labute approximate surface area is 239 Å². The van der Waals surface area contributed by atoms with Crippen LogP contribution in [0.15, 0.2) is 30.2 Å². The molecule has 1 aliphatic heterocycles. The van der Waals surface area contributed by atoms with Crippen molar-refractivity contribution in [3.05, 3.63) is 35.9 Å². The number of amides is 2. The summed E-state index contributed by atoms with van der Waals surface area (Å²) in [6.45, 7) is 8.78. The number of carbonyl (C=O) groups is 2. The third kappa shape index (κ3) is 4.90. The van der Waals surface area contributed by atoms with Gasteiger partial charge in [-0.3, -0.25) is 14.6 Å². The molecule has 2 N–H and O–H groups in total. The minimum Gasteiger partial charge on any atom is -0.393 e. The summed E-state index contributed by atoms with van der Waals surface area (Å²) in [5.74, 6) is 3.57. The number of hydrogen-bond donors (Lipinski definition) is 2. The number of nitrogens with one attached hydrogen (secondary N) is 1. The third-order valence-corrected chi connectivity index (χ3v) is 12.3. The molecule has 7 nitrogen and oxygen atoms in total. The van der Waals surface area contributed by atoms with Gasteiger partial charge in [-0.1, -0.05) is 32.4 Å². The minimum absolute atomic E-state index is 0.0279. The summed E-state index contributed by atoms with van der Waals surface area (Å²) in [7, 11) is 0. The van der Waals surface area contributed by atoms with Crippen LogP contribution in [0, 0.1) is 40.4 Å². The van der Waals surface area contributed by atoms with Crippen LogP contribution in [0.3, 0.4) is 0 Å². The van der Waals surface area contributed by atoms with E-state index >= 15 is 0 Å². The quantitative estimate of drug-likeness (QED) is 0.479. The van der Waals surface area contributed by atoms with E-state index in [0.29, 0.717) is 47.9 Å². The lowest BCUT2D eigenvalue weighted by atomic mass is 9.47. The van der Waals surface area contributed by atoms with Crippen molar-refractivity contribution < 1.29 is 14.7 Å². The second kappa shape index (κ2) is 10.8. The van der Waals surface area contributed by atoms with Crippen molar-refractivity contribution >= 4 is 11.8 Å². The first-order valence-electron chi connectivity index (χ1n) is 15.9. The monoisotopic (exact) mass is 548 g/mol. The van der Waals surface area contributed by atoms with Crippen molar-refractivity contribution in [2.75, 3.05) is 13.1 Å². The Kier molecular flexibility index (Phi) is 7.56. The van der Waals surface area contributed by atoms with Crippen molar-refractivity contribution in [2.24, 2.45) is 40.4 Å². The Balaban J connectivity index is 1.02. The minimum atomic E-state index is -0.223. The van der Waals surface area contributed by atoms with Crippen molar-refractivity contribution in [2.45, 2.75) is 104 Å². The molecule has 1 aromatic heterocycles. The molecule has 0 aromatic carbocycles. The summed E-state index contributed by atoms with van der Waals surface area (Å²) in [4.78, 5) is 35.6. The summed E-state index contributed by atoms with van der Waals surface area (Å²) >= 11 is 0. The van der Waals surface area contributed by atoms with Gasteiger partial charge in [-0.2, -0.15) is 0 Å². The van der Waals surface area contributed by atoms with Gasteiger partial charge in [-0.25, -0.2) is 4.98 Å². The second-order valence-electron chi connectivity index (χ2n) is 14.3. The maximum Gasteiger partial charge on any atom is 0.271 e. The zero-order chi connectivity index (χ0) is 28.1. The fourth-order valence-electron chi connectivity index (χ4n) is 10.1. The molecule has 4 fully saturated rings. The van der Waals surface area contributed by atoms with E-state index in [1.807, 2.05) is 4.90 Å². The lowest BCUT2D eigenvalue weighted by molar-refractivity contribution is -0.130. The Morgan fingerprint density at radius 2 is 1.98 bits per heavy atom. The number of allylic oxidation sites excluding steroid dienone is 1. The number of hydrogen-bond acceptors (Lipinski definition) is 5. The van der Waals surface area contributed by atoms with Crippen LogP contribution in [0.2, 0.25) is 0 Å². The molecule has 5 aliphatic rings. The highest BCUT2D eigenvalue weighted by Gasteiger charge is 2.59. The first kappa shape index (κ1) is 27.9. The van der Waals surface area contributed by atoms with Crippen LogP contribution in [-0.2, 0) is 4.79 Å². The highest BCUT2D eigenvalue weighted by atomic mass is 16.3. The van der Waals surface area contributed by atoms with Crippen LogP contribution < -0.4 is 5.32 Å². The van der Waals surface area contributed by atoms with Crippen LogP contribution in [-0.4, -0.2) is 57.0 Å². The van der Waals surface area contributed by atoms with Crippen molar-refractivity contribution in [3.63, 3.8) is 0 Å². The normalized spacial score (nSPS) is 39.5. The average molecular weight is 549 g/mol. The molecule has 1 unspecified atom stereocenters. The van der Waals surface area contributed by atoms with E-state index in [4.69, 9.17) is 0 Å². The molecule has 0 spiro atoms. The predicted octanol–water partition coefficient (Wildman–Crippen LogP) is 5.16. The molecular formula is C33H48N4O3. The average Bonchev–Trinajstić information content (AvgIpc) is 3.56. The molecule has 7 heteroatoms. The summed E-state index contributed by atoms with van der Waals surface area (Å²) < 4.78 is 0. The molecule has 0 radical (unpaired) electrons. The molecule has 0 bridgehead atoms. The zero-order valence-electron chi connectivity index (χ0n) is 24.6. The molecular weight excluding hydrogens is 500 g/mol. The highest BCUT2D eigenvalue weighted by molar-refractivity contribution is 5.92. The molecule has 1 saturated heterocycles. The SMILES string of the molecule is CC(CCC(=O)N1CC[C@H](NC(=O)c2cnccn2)C1)[C@H]1CC[C@H]2[C@@H]3CC=C4C[C@@H](O)CC[C@]4(C)[C@H]3CC[C@]12C. The zero-order valence-corrected chi connectivity index (χ0v) is 24.6. The Morgan fingerprint density at radius 3 is 2.77 bits per heavy atom. The maximum absolute atomic E-state index is 13.2. The Bertz CT molecular complexity index is 1140. The number of rotatable bonds is 6. The van der Waals surface area contributed by atoms with E-state index in [1.54, 1.807) is 11.8 Å². The molecule has 1 aromatic rings. The van der Waals surface area contributed by atoms with Crippen LogP contribution in [0.5, 0.6) is 0 Å². The molecule has 218 valence electrons. The molecule has 2 heterocycles. The molecule has 9 atom stereocenters. The largest absolute Gasteiger partial charge is 0.393 e. The Morgan fingerprint density at radius 1 is 1.12 bits per heavy atom. The number of likely N-dealkylation sites (tertiary alicyclic amines) is 1. The first-order valence-corrected chi connectivity index (χ1v) is 15.9. The second-order valence-corrected chi connectivity index (χ2v) is 14.3. The highest BCUT2D eigenvalue weighted by Crippen LogP contribution is 2.67. The van der Waals surface area contributed by atoms with Gasteiger partial charge >= 0.3 is 0 Å². The van der Waals surface area contributed by atoms with E-state index in [-0.39, 0.29) is 24.0 Å². The Hall–Kier alpha value is -2.28. The maximum atomic E-state index is 13.2. The summed E-state index contributed by atoms with van der Waals surface area (Å²) in [5, 5.41) is 13.3. The number of aliphatic hydroxyl groups excluding tert-OH is 1. The topological polar surface area (TPSA) is 95.4 Å². The van der Waals surface area contributed by atoms with Gasteiger partial charge in [0.1, 0.15) is 5.69 Å². The number of carbonyl (C=O) groups excluding carboxylic acids is 2. The summed E-state index contributed by atoms with van der Waals surface area (Å²) in [6, 6.07) is -0.0279. The molecule has 4 aliphatic carbocycles. The number of fused-ring (bicyclic) bond motifs is 5. The predicted molar refractivity (Wildman–Crippen MR) is 154 cm³/mol. The van der Waals surface area contributed by atoms with E-state index < -0.39 is 0 Å². The van der Waals surface area contributed by atoms with Gasteiger partial charge in [-0.15, -0.1) is 0 Å². The summed E-state index contributed by atoms with van der Waals surface area (Å²) in [6.07, 6.45) is 18.7. The molecule has 3 saturated carbocycles. The van der Waals surface area contributed by atoms with Crippen LogP contribution >= 0.6 is 0 Å². The van der Waals surface area contributed by atoms with Crippen molar-refractivity contribution in [1.29, 1.82) is 0 Å². The number of nitrogens with zero attached hydrogens (tertiary/aromatic N) is 3. The van der Waals surface area contributed by atoms with Crippen LogP contribution in [0.1, 0.15) is 102 Å². The lowest BCUT2D eigenvalue weighted by Gasteiger charge is -2.58. The summed E-state index contributed by atoms with van der Waals surface area (Å²) in [5.41, 5.74) is 2.54. The van der Waals surface area contributed by atoms with Gasteiger partial charge in [0.2, 0.25) is 5.91 Å². The van der Waals surface area contributed by atoms with Gasteiger partial charge in [0.15, 0.2) is 0 Å². The standard InChI is InChI=1S/C33H48N4O3/c1-21(4-9-30(39)37-17-12-23(20-37)36-31(40)29-19-34-15-16-35-29)26-7-8-27-25-6-5-22-18-24(38)10-13-32(22,2)28(25)11-14-33(26,27)3/h5,15-16,19,21,23-28,38H,4,6-14,17-18,20H2,1-3H3,(H,36,40)/t21?,23-,24-,25-,26+,27-,28-,32-,33+/m0/s1. The fourth-order valence-corrected chi connectivity index (χ4v) is 10.1. The van der Waals surface area contributed by atoms with Crippen LogP contribution in [0.25, 0.3) is 0 Å². The molecule has 6 rings (SSSR count). The van der Waals surface area contributed by atoms with E-state index in [9.17, 15) is 14.7 Å². The smallest absolute Gasteiger partial charge is 0.271 e. The third-order valence-electron chi connectivity index (χ3n) is 12.3. The van der Waals surface area contributed by atoms with Crippen LogP contribution in [0.4, 0.5) is 0 Å². The van der Waals surface area contributed by atoms with E-state index in [0.717, 1.165) is 49.9 Å². The lowest BCUT2D eigenvalue weighted by Crippen LogP contribution is -2.50.